The smallest absolute Gasteiger partial charge is 0.251 e. The first-order valence-electron chi connectivity index (χ1n) is 5.88. The zero-order valence-electron chi connectivity index (χ0n) is 10.7. The summed E-state index contributed by atoms with van der Waals surface area (Å²) in [7, 11) is 0. The van der Waals surface area contributed by atoms with Crippen LogP contribution < -0.4 is 11.1 Å². The standard InChI is InChI=1S/C14H11BrF2N2O2/c15-9-3-7(1-2-13(9)20)6-19-12-4-8(14(18)21)10(16)5-11(12)17/h1-5,19-20H,6H2,(H2,18,21). The van der Waals surface area contributed by atoms with E-state index in [-0.39, 0.29) is 23.5 Å². The van der Waals surface area contributed by atoms with Crippen molar-refractivity contribution in [2.24, 2.45) is 5.73 Å². The molecule has 0 aromatic heterocycles. The van der Waals surface area contributed by atoms with Crippen LogP contribution in [0.4, 0.5) is 14.5 Å². The summed E-state index contributed by atoms with van der Waals surface area (Å²) in [6.07, 6.45) is 0. The summed E-state index contributed by atoms with van der Waals surface area (Å²) in [4.78, 5) is 11.0. The molecule has 2 rings (SSSR count). The van der Waals surface area contributed by atoms with Gasteiger partial charge in [0.15, 0.2) is 0 Å². The predicted octanol–water partition coefficient (Wildman–Crippen LogP) is 3.14. The number of carbonyl (C=O) groups excluding carboxylic acids is 1. The Labute approximate surface area is 127 Å². The number of hydrogen-bond acceptors (Lipinski definition) is 3. The fourth-order valence-electron chi connectivity index (χ4n) is 1.73. The highest BCUT2D eigenvalue weighted by Crippen LogP contribution is 2.25. The molecule has 7 heteroatoms. The van der Waals surface area contributed by atoms with Crippen LogP contribution in [0.2, 0.25) is 0 Å². The number of benzene rings is 2. The number of nitrogens with one attached hydrogen (secondary N) is 1. The Hall–Kier alpha value is -2.15. The second-order valence-corrected chi connectivity index (χ2v) is 5.17. The van der Waals surface area contributed by atoms with E-state index in [9.17, 15) is 18.7 Å². The zero-order chi connectivity index (χ0) is 15.6. The molecule has 0 aliphatic rings. The van der Waals surface area contributed by atoms with Crippen molar-refractivity contribution in [3.63, 3.8) is 0 Å². The van der Waals surface area contributed by atoms with Crippen molar-refractivity contribution in [3.05, 3.63) is 57.6 Å². The lowest BCUT2D eigenvalue weighted by Gasteiger charge is -2.10. The van der Waals surface area contributed by atoms with Gasteiger partial charge in [0.1, 0.15) is 17.4 Å². The minimum Gasteiger partial charge on any atom is -0.507 e. The third-order valence-electron chi connectivity index (χ3n) is 2.82. The fourth-order valence-corrected chi connectivity index (χ4v) is 2.16. The van der Waals surface area contributed by atoms with Crippen molar-refractivity contribution in [2.45, 2.75) is 6.54 Å². The van der Waals surface area contributed by atoms with E-state index in [1.807, 2.05) is 0 Å². The van der Waals surface area contributed by atoms with E-state index in [4.69, 9.17) is 5.73 Å². The van der Waals surface area contributed by atoms with E-state index in [2.05, 4.69) is 21.2 Å². The molecule has 0 fully saturated rings. The van der Waals surface area contributed by atoms with Gasteiger partial charge in [-0.3, -0.25) is 4.79 Å². The van der Waals surface area contributed by atoms with Crippen LogP contribution in [0.3, 0.4) is 0 Å². The van der Waals surface area contributed by atoms with Gasteiger partial charge in [0.05, 0.1) is 15.7 Å². The largest absolute Gasteiger partial charge is 0.507 e. The number of nitrogens with two attached hydrogens (primary N) is 1. The number of phenols is 1. The Balaban J connectivity index is 2.21. The van der Waals surface area contributed by atoms with Gasteiger partial charge in [0.25, 0.3) is 5.91 Å². The highest BCUT2D eigenvalue weighted by molar-refractivity contribution is 9.10. The Morgan fingerprint density at radius 2 is 1.95 bits per heavy atom. The molecular formula is C14H11BrF2N2O2. The number of amides is 1. The lowest BCUT2D eigenvalue weighted by Crippen LogP contribution is -2.14. The van der Waals surface area contributed by atoms with Crippen LogP contribution in [0.1, 0.15) is 15.9 Å². The van der Waals surface area contributed by atoms with Gasteiger partial charge in [-0.15, -0.1) is 0 Å². The van der Waals surface area contributed by atoms with Gasteiger partial charge in [0, 0.05) is 12.6 Å². The summed E-state index contributed by atoms with van der Waals surface area (Å²) in [5.41, 5.74) is 5.35. The lowest BCUT2D eigenvalue weighted by atomic mass is 10.1. The number of aromatic hydroxyl groups is 1. The maximum atomic E-state index is 13.6. The SMILES string of the molecule is NC(=O)c1cc(NCc2ccc(O)c(Br)c2)c(F)cc1F. The molecule has 0 aliphatic heterocycles. The van der Waals surface area contributed by atoms with Crippen molar-refractivity contribution in [1.29, 1.82) is 0 Å². The topological polar surface area (TPSA) is 75.4 Å². The molecule has 4 N–H and O–H groups in total. The molecule has 2 aromatic carbocycles. The molecule has 0 radical (unpaired) electrons. The number of halogens is 3. The van der Waals surface area contributed by atoms with E-state index in [1.54, 1.807) is 12.1 Å². The van der Waals surface area contributed by atoms with Gasteiger partial charge >= 0.3 is 0 Å². The average Bonchev–Trinajstić information content (AvgIpc) is 2.41. The third kappa shape index (κ3) is 3.49. The van der Waals surface area contributed by atoms with E-state index in [0.717, 1.165) is 11.6 Å². The van der Waals surface area contributed by atoms with Crippen molar-refractivity contribution in [1.82, 2.24) is 0 Å². The molecule has 0 saturated heterocycles. The summed E-state index contributed by atoms with van der Waals surface area (Å²) in [6, 6.07) is 6.41. The third-order valence-corrected chi connectivity index (χ3v) is 3.45. The Kier molecular flexibility index (Phi) is 4.42. The molecule has 0 atom stereocenters. The van der Waals surface area contributed by atoms with Gasteiger partial charge in [-0.05, 0) is 39.7 Å². The molecule has 0 spiro atoms. The van der Waals surface area contributed by atoms with Crippen molar-refractivity contribution >= 4 is 27.5 Å². The summed E-state index contributed by atoms with van der Waals surface area (Å²) < 4.78 is 27.5. The molecule has 0 unspecified atom stereocenters. The minimum absolute atomic E-state index is 0.0330. The van der Waals surface area contributed by atoms with Crippen LogP contribution in [0.15, 0.2) is 34.8 Å². The van der Waals surface area contributed by atoms with E-state index < -0.39 is 17.5 Å². The van der Waals surface area contributed by atoms with Gasteiger partial charge in [-0.25, -0.2) is 8.78 Å². The molecular weight excluding hydrogens is 346 g/mol. The van der Waals surface area contributed by atoms with Crippen LogP contribution in [-0.4, -0.2) is 11.0 Å². The molecule has 21 heavy (non-hydrogen) atoms. The maximum absolute atomic E-state index is 13.6. The highest BCUT2D eigenvalue weighted by Gasteiger charge is 2.13. The van der Waals surface area contributed by atoms with Crippen LogP contribution in [0, 0.1) is 11.6 Å². The molecule has 4 nitrogen and oxygen atoms in total. The molecule has 0 saturated carbocycles. The van der Waals surface area contributed by atoms with Gasteiger partial charge in [-0.2, -0.15) is 0 Å². The Morgan fingerprint density at radius 1 is 1.24 bits per heavy atom. The van der Waals surface area contributed by atoms with Gasteiger partial charge in [-0.1, -0.05) is 6.07 Å². The van der Waals surface area contributed by atoms with Crippen molar-refractivity contribution < 1.29 is 18.7 Å². The summed E-state index contributed by atoms with van der Waals surface area (Å²) in [6.45, 7) is 0.222. The number of hydrogen-bond donors (Lipinski definition) is 3. The average molecular weight is 357 g/mol. The van der Waals surface area contributed by atoms with Gasteiger partial charge < -0.3 is 16.2 Å². The summed E-state index contributed by atoms with van der Waals surface area (Å²) in [5, 5.41) is 12.1. The Morgan fingerprint density at radius 3 is 2.57 bits per heavy atom. The monoisotopic (exact) mass is 356 g/mol. The number of phenolic OH excluding ortho intramolecular Hbond substituents is 1. The molecule has 0 bridgehead atoms. The lowest BCUT2D eigenvalue weighted by molar-refractivity contribution is 0.0996. The quantitative estimate of drug-likeness (QED) is 0.787. The number of anilines is 1. The molecule has 0 heterocycles. The van der Waals surface area contributed by atoms with Crippen molar-refractivity contribution in [2.75, 3.05) is 5.32 Å². The first-order chi connectivity index (χ1) is 9.88. The van der Waals surface area contributed by atoms with Crippen LogP contribution in [-0.2, 0) is 6.54 Å². The maximum Gasteiger partial charge on any atom is 0.251 e. The number of rotatable bonds is 4. The van der Waals surface area contributed by atoms with E-state index >= 15 is 0 Å². The predicted molar refractivity (Wildman–Crippen MR) is 78.0 cm³/mol. The normalized spacial score (nSPS) is 10.4. The molecule has 1 amide bonds. The summed E-state index contributed by atoms with van der Waals surface area (Å²) in [5.74, 6) is -2.71. The number of carbonyl (C=O) groups is 1. The number of primary amides is 1. The molecule has 110 valence electrons. The first kappa shape index (κ1) is 15.2. The highest BCUT2D eigenvalue weighted by atomic mass is 79.9. The van der Waals surface area contributed by atoms with Crippen LogP contribution >= 0.6 is 15.9 Å². The van der Waals surface area contributed by atoms with E-state index in [1.165, 1.54) is 6.07 Å². The van der Waals surface area contributed by atoms with Gasteiger partial charge in [0.2, 0.25) is 0 Å². The van der Waals surface area contributed by atoms with Crippen LogP contribution in [0.25, 0.3) is 0 Å². The minimum atomic E-state index is -1.00. The zero-order valence-corrected chi connectivity index (χ0v) is 12.2. The molecule has 2 aromatic rings. The van der Waals surface area contributed by atoms with Crippen LogP contribution in [0.5, 0.6) is 5.75 Å². The Bertz CT molecular complexity index is 708. The fraction of sp³-hybridized carbons (Fsp3) is 0.0714. The molecule has 0 aliphatic carbocycles. The van der Waals surface area contributed by atoms with Crippen molar-refractivity contribution in [3.8, 4) is 5.75 Å². The summed E-state index contributed by atoms with van der Waals surface area (Å²) >= 11 is 3.16. The second kappa shape index (κ2) is 6.09. The van der Waals surface area contributed by atoms with E-state index in [0.29, 0.717) is 10.5 Å². The second-order valence-electron chi connectivity index (χ2n) is 4.32. The first-order valence-corrected chi connectivity index (χ1v) is 6.68.